The van der Waals surface area contributed by atoms with E-state index in [0.29, 0.717) is 18.0 Å². The summed E-state index contributed by atoms with van der Waals surface area (Å²) < 4.78 is 5.84. The summed E-state index contributed by atoms with van der Waals surface area (Å²) >= 11 is 0. The van der Waals surface area contributed by atoms with E-state index >= 15 is 0 Å². The van der Waals surface area contributed by atoms with Crippen molar-refractivity contribution >= 4 is 17.0 Å². The summed E-state index contributed by atoms with van der Waals surface area (Å²) in [5, 5.41) is 0. The quantitative estimate of drug-likeness (QED) is 0.795. The molecular weight excluding hydrogens is 314 g/mol. The summed E-state index contributed by atoms with van der Waals surface area (Å²) in [7, 11) is 0. The van der Waals surface area contributed by atoms with Crippen molar-refractivity contribution in [1.82, 2.24) is 9.88 Å². The average molecular weight is 335 g/mol. The Hall–Kier alpha value is -2.66. The molecule has 1 aliphatic heterocycles. The van der Waals surface area contributed by atoms with Gasteiger partial charge in [-0.2, -0.15) is 0 Å². The van der Waals surface area contributed by atoms with Crippen LogP contribution in [-0.2, 0) is 0 Å². The lowest BCUT2D eigenvalue weighted by Gasteiger charge is -2.38. The van der Waals surface area contributed by atoms with Gasteiger partial charge in [-0.1, -0.05) is 30.3 Å². The van der Waals surface area contributed by atoms with Crippen molar-refractivity contribution in [2.24, 2.45) is 5.73 Å². The molecule has 2 N–H and O–H groups in total. The van der Waals surface area contributed by atoms with Crippen LogP contribution in [0.4, 0.5) is 0 Å². The van der Waals surface area contributed by atoms with Crippen molar-refractivity contribution in [3.8, 4) is 0 Å². The van der Waals surface area contributed by atoms with Crippen LogP contribution < -0.4 is 5.73 Å². The number of para-hydroxylation sites is 2. The number of fused-ring (bicyclic) bond motifs is 1. The fourth-order valence-corrected chi connectivity index (χ4v) is 3.53. The molecule has 0 bridgehead atoms. The van der Waals surface area contributed by atoms with Crippen molar-refractivity contribution in [3.63, 3.8) is 0 Å². The summed E-state index contributed by atoms with van der Waals surface area (Å²) in [5.41, 5.74) is 8.71. The Bertz CT molecular complexity index is 842. The first-order valence-electron chi connectivity index (χ1n) is 8.71. The maximum absolute atomic E-state index is 12.9. The molecule has 3 aromatic rings. The highest BCUT2D eigenvalue weighted by molar-refractivity contribution is 5.94. The number of amides is 1. The number of rotatable bonds is 3. The first-order chi connectivity index (χ1) is 12.2. The van der Waals surface area contributed by atoms with Gasteiger partial charge in [-0.25, -0.2) is 4.98 Å². The second-order valence-corrected chi connectivity index (χ2v) is 6.47. The van der Waals surface area contributed by atoms with E-state index in [1.54, 1.807) is 0 Å². The van der Waals surface area contributed by atoms with Gasteiger partial charge in [0.1, 0.15) is 11.6 Å². The molecule has 1 saturated heterocycles. The Morgan fingerprint density at radius 1 is 1.12 bits per heavy atom. The summed E-state index contributed by atoms with van der Waals surface area (Å²) in [6.07, 6.45) is 2.91. The molecule has 1 fully saturated rings. The number of oxazole rings is 1. The highest BCUT2D eigenvalue weighted by Gasteiger charge is 2.34. The van der Waals surface area contributed by atoms with Crippen LogP contribution in [0.2, 0.25) is 0 Å². The van der Waals surface area contributed by atoms with Crippen LogP contribution >= 0.6 is 0 Å². The normalized spacial score (nSPS) is 19.1. The van der Waals surface area contributed by atoms with Gasteiger partial charge in [-0.15, -0.1) is 0 Å². The molecule has 5 heteroatoms. The lowest BCUT2D eigenvalue weighted by molar-refractivity contribution is 0.0561. The highest BCUT2D eigenvalue weighted by Crippen LogP contribution is 2.29. The van der Waals surface area contributed by atoms with E-state index < -0.39 is 6.04 Å². The van der Waals surface area contributed by atoms with E-state index in [1.165, 1.54) is 0 Å². The number of nitrogens with two attached hydrogens (primary N) is 1. The number of aromatic nitrogens is 1. The van der Waals surface area contributed by atoms with Crippen LogP contribution in [0.1, 0.15) is 41.6 Å². The van der Waals surface area contributed by atoms with Crippen molar-refractivity contribution in [2.45, 2.75) is 31.3 Å². The molecule has 2 heterocycles. The highest BCUT2D eigenvalue weighted by atomic mass is 16.3. The minimum Gasteiger partial charge on any atom is -0.439 e. The maximum atomic E-state index is 12.9. The second-order valence-electron chi connectivity index (χ2n) is 6.47. The Morgan fingerprint density at radius 2 is 1.88 bits per heavy atom. The molecular formula is C20H21N3O2. The Kier molecular flexibility index (Phi) is 4.24. The molecule has 5 nitrogen and oxygen atoms in total. The number of hydrogen-bond donors (Lipinski definition) is 1. The lowest BCUT2D eigenvalue weighted by atomic mass is 9.95. The van der Waals surface area contributed by atoms with Crippen LogP contribution in [-0.4, -0.2) is 28.4 Å². The van der Waals surface area contributed by atoms with Crippen molar-refractivity contribution in [2.75, 3.05) is 6.54 Å². The maximum Gasteiger partial charge on any atom is 0.254 e. The van der Waals surface area contributed by atoms with E-state index in [4.69, 9.17) is 10.2 Å². The number of likely N-dealkylation sites (tertiary alicyclic amines) is 1. The minimum atomic E-state index is -0.430. The van der Waals surface area contributed by atoms with E-state index in [2.05, 4.69) is 4.98 Å². The predicted molar refractivity (Wildman–Crippen MR) is 96.1 cm³/mol. The summed E-state index contributed by atoms with van der Waals surface area (Å²) in [6, 6.07) is 16.5. The number of carbonyl (C=O) groups excluding carboxylic acids is 1. The SMILES string of the molecule is NC(c1nc2ccccc2o1)C1CCCCN1C(=O)c1ccccc1. The number of hydrogen-bond acceptors (Lipinski definition) is 4. The van der Waals surface area contributed by atoms with Crippen LogP contribution in [0.15, 0.2) is 59.0 Å². The second kappa shape index (κ2) is 6.69. The van der Waals surface area contributed by atoms with Crippen molar-refractivity contribution in [3.05, 3.63) is 66.1 Å². The monoisotopic (exact) mass is 335 g/mol. The van der Waals surface area contributed by atoms with E-state index in [9.17, 15) is 4.79 Å². The van der Waals surface area contributed by atoms with E-state index in [0.717, 1.165) is 30.4 Å². The third-order valence-corrected chi connectivity index (χ3v) is 4.84. The molecule has 2 atom stereocenters. The largest absolute Gasteiger partial charge is 0.439 e. The van der Waals surface area contributed by atoms with Gasteiger partial charge in [0.05, 0.1) is 6.04 Å². The number of piperidine rings is 1. The van der Waals surface area contributed by atoms with Gasteiger partial charge in [0.25, 0.3) is 5.91 Å². The minimum absolute atomic E-state index is 0.0249. The number of benzene rings is 2. The third kappa shape index (κ3) is 3.03. The molecule has 0 saturated carbocycles. The summed E-state index contributed by atoms with van der Waals surface area (Å²) in [6.45, 7) is 0.715. The smallest absolute Gasteiger partial charge is 0.254 e. The van der Waals surface area contributed by atoms with Crippen molar-refractivity contribution < 1.29 is 9.21 Å². The van der Waals surface area contributed by atoms with Gasteiger partial charge >= 0.3 is 0 Å². The summed E-state index contributed by atoms with van der Waals surface area (Å²) in [4.78, 5) is 19.3. The zero-order chi connectivity index (χ0) is 17.2. The standard InChI is InChI=1S/C20H21N3O2/c21-18(19-22-15-10-4-5-12-17(15)25-19)16-11-6-7-13-23(16)20(24)14-8-2-1-3-9-14/h1-5,8-10,12,16,18H,6-7,11,13,21H2. The molecule has 4 rings (SSSR count). The molecule has 0 radical (unpaired) electrons. The van der Waals surface area contributed by atoms with Gasteiger partial charge in [-0.3, -0.25) is 4.79 Å². The fourth-order valence-electron chi connectivity index (χ4n) is 3.53. The van der Waals surface area contributed by atoms with Crippen LogP contribution in [0.5, 0.6) is 0 Å². The third-order valence-electron chi connectivity index (χ3n) is 4.84. The van der Waals surface area contributed by atoms with Gasteiger partial charge in [0, 0.05) is 12.1 Å². The molecule has 1 amide bonds. The zero-order valence-electron chi connectivity index (χ0n) is 14.0. The average Bonchev–Trinajstić information content (AvgIpc) is 3.12. The van der Waals surface area contributed by atoms with Gasteiger partial charge in [0.2, 0.25) is 5.89 Å². The van der Waals surface area contributed by atoms with Crippen LogP contribution in [0.25, 0.3) is 11.1 Å². The molecule has 128 valence electrons. The molecule has 0 aliphatic carbocycles. The molecule has 1 aliphatic rings. The first kappa shape index (κ1) is 15.8. The van der Waals surface area contributed by atoms with Gasteiger partial charge in [-0.05, 0) is 43.5 Å². The number of carbonyl (C=O) groups is 1. The molecule has 2 aromatic carbocycles. The van der Waals surface area contributed by atoms with Gasteiger partial charge < -0.3 is 15.1 Å². The Balaban J connectivity index is 1.63. The van der Waals surface area contributed by atoms with Crippen LogP contribution in [0, 0.1) is 0 Å². The van der Waals surface area contributed by atoms with Crippen LogP contribution in [0.3, 0.4) is 0 Å². The zero-order valence-corrected chi connectivity index (χ0v) is 14.0. The molecule has 25 heavy (non-hydrogen) atoms. The number of nitrogens with zero attached hydrogens (tertiary/aromatic N) is 2. The van der Waals surface area contributed by atoms with E-state index in [-0.39, 0.29) is 11.9 Å². The van der Waals surface area contributed by atoms with Gasteiger partial charge in [0.15, 0.2) is 5.58 Å². The lowest BCUT2D eigenvalue weighted by Crippen LogP contribution is -2.49. The molecule has 2 unspecified atom stereocenters. The Morgan fingerprint density at radius 3 is 2.68 bits per heavy atom. The van der Waals surface area contributed by atoms with E-state index in [1.807, 2.05) is 59.5 Å². The molecule has 1 aromatic heterocycles. The predicted octanol–water partition coefficient (Wildman–Crippen LogP) is 3.52. The topological polar surface area (TPSA) is 72.4 Å². The first-order valence-corrected chi connectivity index (χ1v) is 8.71. The summed E-state index contributed by atoms with van der Waals surface area (Å²) in [5.74, 6) is 0.524. The molecule has 0 spiro atoms. The van der Waals surface area contributed by atoms with Crippen molar-refractivity contribution in [1.29, 1.82) is 0 Å². The Labute approximate surface area is 146 Å². The fraction of sp³-hybridized carbons (Fsp3) is 0.300.